The number of barbiturate groups is 1. The van der Waals surface area contributed by atoms with E-state index >= 15 is 0 Å². The van der Waals surface area contributed by atoms with Gasteiger partial charge in [-0.05, 0) is 30.3 Å². The largest absolute Gasteiger partial charge is 0.465 e. The second kappa shape index (κ2) is 7.75. The topological polar surface area (TPSA) is 105 Å². The Morgan fingerprint density at radius 1 is 1.11 bits per heavy atom. The van der Waals surface area contributed by atoms with Crippen LogP contribution in [0.1, 0.15) is 10.4 Å². The lowest BCUT2D eigenvalue weighted by atomic mass is 10.0. The first kappa shape index (κ1) is 18.8. The highest BCUT2D eigenvalue weighted by atomic mass is 16.5. The lowest BCUT2D eigenvalue weighted by molar-refractivity contribution is -0.132. The van der Waals surface area contributed by atoms with E-state index in [4.69, 9.17) is 0 Å². The Labute approximate surface area is 160 Å². The van der Waals surface area contributed by atoms with Gasteiger partial charge in [0.1, 0.15) is 0 Å². The molecule has 2 aromatic rings. The molecular formula is C20H17N3O5. The highest BCUT2D eigenvalue weighted by Crippen LogP contribution is 2.25. The average molecular weight is 379 g/mol. The third kappa shape index (κ3) is 3.61. The summed E-state index contributed by atoms with van der Waals surface area (Å²) in [7, 11) is 1.27. The SMILES string of the molecule is C=C(Nc1cccc(C(=O)OC)c1)[C@H]1C(=O)NC(=O)N(c2ccccc2)C1=O. The van der Waals surface area contributed by atoms with Crippen LogP contribution in [0.25, 0.3) is 0 Å². The van der Waals surface area contributed by atoms with Crippen LogP contribution in [0.5, 0.6) is 0 Å². The number of ether oxygens (including phenoxy) is 1. The highest BCUT2D eigenvalue weighted by molar-refractivity contribution is 6.28. The number of hydrogen-bond donors (Lipinski definition) is 2. The van der Waals surface area contributed by atoms with E-state index in [1.807, 2.05) is 0 Å². The van der Waals surface area contributed by atoms with Gasteiger partial charge in [-0.25, -0.2) is 14.5 Å². The van der Waals surface area contributed by atoms with Gasteiger partial charge in [0.2, 0.25) is 5.91 Å². The van der Waals surface area contributed by atoms with Crippen molar-refractivity contribution in [2.45, 2.75) is 0 Å². The van der Waals surface area contributed by atoms with E-state index in [1.165, 1.54) is 13.2 Å². The number of rotatable bonds is 5. The fraction of sp³-hybridized carbons (Fsp3) is 0.100. The van der Waals surface area contributed by atoms with Gasteiger partial charge in [0.05, 0.1) is 18.4 Å². The lowest BCUT2D eigenvalue weighted by Crippen LogP contribution is -2.59. The van der Waals surface area contributed by atoms with Crippen molar-refractivity contribution in [1.82, 2.24) is 5.32 Å². The molecule has 1 atom stereocenters. The van der Waals surface area contributed by atoms with Crippen LogP contribution in [0.4, 0.5) is 16.2 Å². The number of nitrogens with zero attached hydrogens (tertiary/aromatic N) is 1. The Bertz CT molecular complexity index is 971. The Hall–Kier alpha value is -3.94. The standard InChI is InChI=1S/C20H17N3O5/c1-12(21-14-8-6-7-13(11-14)19(26)28-2)16-17(24)22-20(27)23(18(16)25)15-9-4-3-5-10-15/h3-11,16,21H,1H2,2H3,(H,22,24,27)/t16-/m0/s1. The number of amides is 4. The molecule has 142 valence electrons. The quantitative estimate of drug-likeness (QED) is 0.610. The van der Waals surface area contributed by atoms with Crippen LogP contribution < -0.4 is 15.5 Å². The van der Waals surface area contributed by atoms with Gasteiger partial charge < -0.3 is 10.1 Å². The van der Waals surface area contributed by atoms with E-state index in [2.05, 4.69) is 21.9 Å². The highest BCUT2D eigenvalue weighted by Gasteiger charge is 2.42. The van der Waals surface area contributed by atoms with Gasteiger partial charge in [0, 0.05) is 11.4 Å². The fourth-order valence-corrected chi connectivity index (χ4v) is 2.80. The minimum Gasteiger partial charge on any atom is -0.465 e. The first-order valence-electron chi connectivity index (χ1n) is 8.30. The Morgan fingerprint density at radius 3 is 2.50 bits per heavy atom. The van der Waals surface area contributed by atoms with E-state index in [9.17, 15) is 19.2 Å². The molecule has 0 aromatic heterocycles. The Kier molecular flexibility index (Phi) is 5.21. The number of urea groups is 1. The predicted molar refractivity (Wildman–Crippen MR) is 102 cm³/mol. The number of esters is 1. The van der Waals surface area contributed by atoms with E-state index in [0.29, 0.717) is 16.9 Å². The molecule has 28 heavy (non-hydrogen) atoms. The van der Waals surface area contributed by atoms with Crippen molar-refractivity contribution in [3.63, 3.8) is 0 Å². The Balaban J connectivity index is 1.84. The molecule has 2 N–H and O–H groups in total. The molecule has 1 heterocycles. The van der Waals surface area contributed by atoms with Crippen LogP contribution in [-0.4, -0.2) is 30.9 Å². The summed E-state index contributed by atoms with van der Waals surface area (Å²) < 4.78 is 4.67. The number of carbonyl (C=O) groups is 4. The summed E-state index contributed by atoms with van der Waals surface area (Å²) in [6, 6.07) is 13.8. The number of hydrogen-bond acceptors (Lipinski definition) is 6. The molecular weight excluding hydrogens is 362 g/mol. The van der Waals surface area contributed by atoms with E-state index in [1.54, 1.807) is 48.5 Å². The molecule has 1 fully saturated rings. The lowest BCUT2D eigenvalue weighted by Gasteiger charge is -2.31. The van der Waals surface area contributed by atoms with Crippen molar-refractivity contribution in [3.05, 3.63) is 72.4 Å². The predicted octanol–water partition coefficient (Wildman–Crippen LogP) is 2.30. The molecule has 0 spiro atoms. The van der Waals surface area contributed by atoms with Crippen LogP contribution in [0, 0.1) is 5.92 Å². The number of para-hydroxylation sites is 1. The van der Waals surface area contributed by atoms with Gasteiger partial charge in [-0.2, -0.15) is 0 Å². The van der Waals surface area contributed by atoms with Gasteiger partial charge in [-0.3, -0.25) is 14.9 Å². The molecule has 8 nitrogen and oxygen atoms in total. The molecule has 2 aromatic carbocycles. The summed E-state index contributed by atoms with van der Waals surface area (Å²) in [5, 5.41) is 5.02. The number of imide groups is 2. The van der Waals surface area contributed by atoms with Crippen LogP contribution in [-0.2, 0) is 14.3 Å². The molecule has 1 aliphatic heterocycles. The normalized spacial score (nSPS) is 16.4. The van der Waals surface area contributed by atoms with Gasteiger partial charge in [0.25, 0.3) is 5.91 Å². The number of methoxy groups -OCH3 is 1. The summed E-state index contributed by atoms with van der Waals surface area (Å²) in [5.74, 6) is -3.34. The van der Waals surface area contributed by atoms with Crippen molar-refractivity contribution in [3.8, 4) is 0 Å². The number of nitrogens with one attached hydrogen (secondary N) is 2. The summed E-state index contributed by atoms with van der Waals surface area (Å²) in [6.07, 6.45) is 0. The van der Waals surface area contributed by atoms with Crippen molar-refractivity contribution in [2.75, 3.05) is 17.3 Å². The minimum atomic E-state index is -1.32. The molecule has 0 bridgehead atoms. The van der Waals surface area contributed by atoms with Crippen molar-refractivity contribution in [2.24, 2.45) is 5.92 Å². The minimum absolute atomic E-state index is 0.0675. The molecule has 4 amide bonds. The second-order valence-electron chi connectivity index (χ2n) is 5.96. The van der Waals surface area contributed by atoms with E-state index in [-0.39, 0.29) is 5.70 Å². The third-order valence-electron chi connectivity index (χ3n) is 4.11. The summed E-state index contributed by atoms with van der Waals surface area (Å²) in [6.45, 7) is 3.78. The molecule has 8 heteroatoms. The van der Waals surface area contributed by atoms with E-state index in [0.717, 1.165) is 4.90 Å². The zero-order chi connectivity index (χ0) is 20.3. The zero-order valence-electron chi connectivity index (χ0n) is 15.0. The van der Waals surface area contributed by atoms with Gasteiger partial charge in [-0.15, -0.1) is 0 Å². The van der Waals surface area contributed by atoms with Crippen LogP contribution in [0.2, 0.25) is 0 Å². The monoisotopic (exact) mass is 379 g/mol. The van der Waals surface area contributed by atoms with Crippen molar-refractivity contribution < 1.29 is 23.9 Å². The van der Waals surface area contributed by atoms with E-state index < -0.39 is 29.7 Å². The zero-order valence-corrected chi connectivity index (χ0v) is 15.0. The fourth-order valence-electron chi connectivity index (χ4n) is 2.80. The maximum absolute atomic E-state index is 12.9. The molecule has 1 saturated heterocycles. The third-order valence-corrected chi connectivity index (χ3v) is 4.11. The van der Waals surface area contributed by atoms with Crippen LogP contribution >= 0.6 is 0 Å². The molecule has 0 unspecified atom stereocenters. The van der Waals surface area contributed by atoms with Gasteiger partial charge >= 0.3 is 12.0 Å². The molecule has 1 aliphatic rings. The Morgan fingerprint density at radius 2 is 1.82 bits per heavy atom. The maximum Gasteiger partial charge on any atom is 0.337 e. The summed E-state index contributed by atoms with van der Waals surface area (Å²) in [4.78, 5) is 49.9. The molecule has 0 aliphatic carbocycles. The summed E-state index contributed by atoms with van der Waals surface area (Å²) in [5.41, 5.74) is 1.14. The van der Waals surface area contributed by atoms with Crippen molar-refractivity contribution in [1.29, 1.82) is 0 Å². The average Bonchev–Trinajstić information content (AvgIpc) is 2.68. The van der Waals surface area contributed by atoms with Crippen LogP contribution in [0.3, 0.4) is 0 Å². The smallest absolute Gasteiger partial charge is 0.337 e. The number of anilines is 2. The maximum atomic E-state index is 12.9. The van der Waals surface area contributed by atoms with Crippen LogP contribution in [0.15, 0.2) is 66.9 Å². The molecule has 0 radical (unpaired) electrons. The number of benzene rings is 2. The first-order valence-corrected chi connectivity index (χ1v) is 8.30. The number of carbonyl (C=O) groups excluding carboxylic acids is 4. The second-order valence-corrected chi connectivity index (χ2v) is 5.96. The molecule has 0 saturated carbocycles. The molecule has 3 rings (SSSR count). The van der Waals surface area contributed by atoms with Crippen molar-refractivity contribution >= 4 is 35.2 Å². The van der Waals surface area contributed by atoms with Gasteiger partial charge in [0.15, 0.2) is 5.92 Å². The summed E-state index contributed by atoms with van der Waals surface area (Å²) >= 11 is 0. The first-order chi connectivity index (χ1) is 13.4. The van der Waals surface area contributed by atoms with Gasteiger partial charge in [-0.1, -0.05) is 30.8 Å².